The lowest BCUT2D eigenvalue weighted by atomic mass is 10.0. The molecule has 0 aromatic carbocycles. The molecular weight excluding hydrogens is 176 g/mol. The van der Waals surface area contributed by atoms with E-state index in [2.05, 4.69) is 10.3 Å². The number of carbonyl (C=O) groups excluding carboxylic acids is 1. The van der Waals surface area contributed by atoms with Gasteiger partial charge in [0.1, 0.15) is 5.69 Å². The first-order valence-corrected chi connectivity index (χ1v) is 5.07. The zero-order valence-corrected chi connectivity index (χ0v) is 8.18. The maximum atomic E-state index is 11.4. The Bertz CT molecular complexity index is 437. The molecule has 0 spiro atoms. The highest BCUT2D eigenvalue weighted by atomic mass is 16.2. The first-order chi connectivity index (χ1) is 6.77. The number of aryl methyl sites for hydroxylation is 1. The third-order valence-corrected chi connectivity index (χ3v) is 3.22. The summed E-state index contributed by atoms with van der Waals surface area (Å²) in [4.78, 5) is 15.8. The van der Waals surface area contributed by atoms with E-state index in [4.69, 9.17) is 0 Å². The average molecular weight is 188 g/mol. The zero-order chi connectivity index (χ0) is 9.71. The van der Waals surface area contributed by atoms with Crippen LogP contribution < -0.4 is 5.32 Å². The maximum absolute atomic E-state index is 11.4. The molecule has 72 valence electrons. The van der Waals surface area contributed by atoms with Gasteiger partial charge < -0.3 is 5.32 Å². The fourth-order valence-corrected chi connectivity index (χ4v) is 2.55. The van der Waals surface area contributed by atoms with Gasteiger partial charge >= 0.3 is 0 Å². The van der Waals surface area contributed by atoms with Gasteiger partial charge in [-0.05, 0) is 37.3 Å². The number of nitrogens with zero attached hydrogens (tertiary/aromatic N) is 1. The van der Waals surface area contributed by atoms with Crippen molar-refractivity contribution < 1.29 is 4.79 Å². The molecular formula is C11H12N2O. The maximum Gasteiger partial charge on any atom is 0.270 e. The molecule has 3 rings (SSSR count). The number of aromatic nitrogens is 1. The van der Waals surface area contributed by atoms with Crippen molar-refractivity contribution in [2.24, 2.45) is 0 Å². The predicted octanol–water partition coefficient (Wildman–Crippen LogP) is 1.12. The van der Waals surface area contributed by atoms with Gasteiger partial charge in [0.2, 0.25) is 0 Å². The van der Waals surface area contributed by atoms with Crippen LogP contribution in [0.3, 0.4) is 0 Å². The summed E-state index contributed by atoms with van der Waals surface area (Å²) in [5.41, 5.74) is 5.66. The Hall–Kier alpha value is -1.38. The van der Waals surface area contributed by atoms with Gasteiger partial charge in [-0.3, -0.25) is 4.79 Å². The fraction of sp³-hybridized carbons (Fsp3) is 0.455. The third kappa shape index (κ3) is 0.870. The summed E-state index contributed by atoms with van der Waals surface area (Å²) in [5, 5.41) is 2.84. The van der Waals surface area contributed by atoms with Crippen molar-refractivity contribution in [2.45, 2.75) is 32.7 Å². The molecule has 2 heterocycles. The van der Waals surface area contributed by atoms with E-state index in [1.165, 1.54) is 17.5 Å². The lowest BCUT2D eigenvalue weighted by Crippen LogP contribution is -2.13. The highest BCUT2D eigenvalue weighted by molar-refractivity contribution is 5.97. The largest absolute Gasteiger partial charge is 0.347 e. The predicted molar refractivity (Wildman–Crippen MR) is 52.2 cm³/mol. The normalized spacial score (nSPS) is 17.9. The number of hydrogen-bond acceptors (Lipinski definition) is 2. The average Bonchev–Trinajstić information content (AvgIpc) is 2.74. The number of hydrogen-bond donors (Lipinski definition) is 1. The molecule has 0 saturated carbocycles. The van der Waals surface area contributed by atoms with Crippen LogP contribution in [0.4, 0.5) is 0 Å². The molecule has 0 fully saturated rings. The highest BCUT2D eigenvalue weighted by Crippen LogP contribution is 2.30. The molecule has 1 amide bonds. The molecule has 14 heavy (non-hydrogen) atoms. The van der Waals surface area contributed by atoms with Gasteiger partial charge in [-0.1, -0.05) is 0 Å². The van der Waals surface area contributed by atoms with Crippen LogP contribution in [-0.2, 0) is 19.4 Å². The molecule has 0 saturated heterocycles. The zero-order valence-electron chi connectivity index (χ0n) is 8.18. The van der Waals surface area contributed by atoms with Crippen LogP contribution in [0.25, 0.3) is 0 Å². The van der Waals surface area contributed by atoms with Gasteiger partial charge in [-0.15, -0.1) is 0 Å². The third-order valence-electron chi connectivity index (χ3n) is 3.22. The molecule has 0 radical (unpaired) electrons. The lowest BCUT2D eigenvalue weighted by molar-refractivity contribution is 0.0961. The number of rotatable bonds is 0. The van der Waals surface area contributed by atoms with Gasteiger partial charge in [0.05, 0.1) is 0 Å². The molecule has 0 unspecified atom stereocenters. The number of pyridine rings is 1. The minimum atomic E-state index is -0.00204. The number of amides is 1. The summed E-state index contributed by atoms with van der Waals surface area (Å²) in [6, 6.07) is 0. The van der Waals surface area contributed by atoms with E-state index in [9.17, 15) is 4.79 Å². The molecule has 3 nitrogen and oxygen atoms in total. The van der Waals surface area contributed by atoms with Crippen molar-refractivity contribution in [3.63, 3.8) is 0 Å². The SMILES string of the molecule is Cc1nc2c(c3c1CCC3)CNC2=O. The minimum Gasteiger partial charge on any atom is -0.347 e. The topological polar surface area (TPSA) is 42.0 Å². The number of fused-ring (bicyclic) bond motifs is 3. The molecule has 1 aromatic heterocycles. The fourth-order valence-electron chi connectivity index (χ4n) is 2.55. The second-order valence-electron chi connectivity index (χ2n) is 4.02. The first kappa shape index (κ1) is 7.97. The standard InChI is InChI=1S/C11H12N2O/c1-6-7-3-2-4-8(7)9-5-12-11(14)10(9)13-6/h2-5H2,1H3,(H,12,14). The van der Waals surface area contributed by atoms with Crippen LogP contribution in [0, 0.1) is 6.92 Å². The van der Waals surface area contributed by atoms with E-state index in [1.807, 2.05) is 6.92 Å². The molecule has 2 aliphatic rings. The smallest absolute Gasteiger partial charge is 0.270 e. The molecule has 0 bridgehead atoms. The Balaban J connectivity index is 2.31. The summed E-state index contributed by atoms with van der Waals surface area (Å²) in [6.45, 7) is 2.69. The van der Waals surface area contributed by atoms with Crippen LogP contribution in [-0.4, -0.2) is 10.9 Å². The van der Waals surface area contributed by atoms with Gasteiger partial charge in [0, 0.05) is 17.8 Å². The van der Waals surface area contributed by atoms with Crippen LogP contribution in [0.5, 0.6) is 0 Å². The van der Waals surface area contributed by atoms with E-state index in [-0.39, 0.29) is 5.91 Å². The Labute approximate surface area is 82.5 Å². The lowest BCUT2D eigenvalue weighted by Gasteiger charge is -2.07. The molecule has 3 heteroatoms. The second-order valence-corrected chi connectivity index (χ2v) is 4.02. The molecule has 0 atom stereocenters. The first-order valence-electron chi connectivity index (χ1n) is 5.07. The molecule has 1 aliphatic heterocycles. The van der Waals surface area contributed by atoms with E-state index < -0.39 is 0 Å². The number of nitrogens with one attached hydrogen (secondary N) is 1. The minimum absolute atomic E-state index is 0.00204. The van der Waals surface area contributed by atoms with E-state index in [1.54, 1.807) is 0 Å². The Kier molecular flexibility index (Phi) is 1.46. The van der Waals surface area contributed by atoms with E-state index >= 15 is 0 Å². The quantitative estimate of drug-likeness (QED) is 0.663. The van der Waals surface area contributed by atoms with Crippen LogP contribution in [0.2, 0.25) is 0 Å². The molecule has 1 N–H and O–H groups in total. The van der Waals surface area contributed by atoms with Crippen molar-refractivity contribution in [2.75, 3.05) is 0 Å². The van der Waals surface area contributed by atoms with Crippen molar-refractivity contribution in [3.05, 3.63) is 28.1 Å². The summed E-state index contributed by atoms with van der Waals surface area (Å²) in [6.07, 6.45) is 3.47. The Morgan fingerprint density at radius 3 is 2.86 bits per heavy atom. The van der Waals surface area contributed by atoms with Crippen molar-refractivity contribution in [1.29, 1.82) is 0 Å². The van der Waals surface area contributed by atoms with Crippen molar-refractivity contribution >= 4 is 5.91 Å². The summed E-state index contributed by atoms with van der Waals surface area (Å²) >= 11 is 0. The van der Waals surface area contributed by atoms with E-state index in [0.717, 1.165) is 24.1 Å². The van der Waals surface area contributed by atoms with Gasteiger partial charge in [0.25, 0.3) is 5.91 Å². The van der Waals surface area contributed by atoms with Gasteiger partial charge in [0.15, 0.2) is 0 Å². The molecule has 1 aromatic rings. The summed E-state index contributed by atoms with van der Waals surface area (Å²) < 4.78 is 0. The highest BCUT2D eigenvalue weighted by Gasteiger charge is 2.28. The monoisotopic (exact) mass is 188 g/mol. The summed E-state index contributed by atoms with van der Waals surface area (Å²) in [5.74, 6) is -0.00204. The van der Waals surface area contributed by atoms with Crippen LogP contribution in [0.15, 0.2) is 0 Å². The molecule has 1 aliphatic carbocycles. The Morgan fingerprint density at radius 1 is 1.21 bits per heavy atom. The van der Waals surface area contributed by atoms with E-state index in [0.29, 0.717) is 12.2 Å². The van der Waals surface area contributed by atoms with Crippen LogP contribution >= 0.6 is 0 Å². The van der Waals surface area contributed by atoms with Crippen molar-refractivity contribution in [3.8, 4) is 0 Å². The summed E-state index contributed by atoms with van der Waals surface area (Å²) in [7, 11) is 0. The second kappa shape index (κ2) is 2.56. The van der Waals surface area contributed by atoms with Gasteiger partial charge in [-0.2, -0.15) is 0 Å². The Morgan fingerprint density at radius 2 is 2.00 bits per heavy atom. The number of carbonyl (C=O) groups is 1. The van der Waals surface area contributed by atoms with Crippen LogP contribution in [0.1, 0.15) is 39.3 Å². The van der Waals surface area contributed by atoms with Crippen molar-refractivity contribution in [1.82, 2.24) is 10.3 Å². The van der Waals surface area contributed by atoms with Gasteiger partial charge in [-0.25, -0.2) is 4.98 Å².